The zero-order valence-electron chi connectivity index (χ0n) is 11.3. The van der Waals surface area contributed by atoms with Crippen molar-refractivity contribution < 1.29 is 9.53 Å². The molecule has 0 N–H and O–H groups in total. The van der Waals surface area contributed by atoms with Gasteiger partial charge < -0.3 is 9.64 Å². The van der Waals surface area contributed by atoms with Gasteiger partial charge in [-0.25, -0.2) is 0 Å². The van der Waals surface area contributed by atoms with Crippen LogP contribution in [0.1, 0.15) is 18.1 Å². The van der Waals surface area contributed by atoms with Gasteiger partial charge in [0.1, 0.15) is 5.75 Å². The fourth-order valence-corrected chi connectivity index (χ4v) is 2.02. The Hall–Kier alpha value is -1.16. The number of likely N-dealkylation sites (N-methyl/N-ethyl adjacent to an activating group) is 1. The highest BCUT2D eigenvalue weighted by Gasteiger charge is 2.09. The van der Waals surface area contributed by atoms with Crippen LogP contribution in [0, 0.1) is 0 Å². The third-order valence-corrected chi connectivity index (χ3v) is 3.30. The minimum absolute atomic E-state index is 0.0453. The lowest BCUT2D eigenvalue weighted by Crippen LogP contribution is -2.29. The molecule has 4 heteroatoms. The van der Waals surface area contributed by atoms with Gasteiger partial charge in [0, 0.05) is 13.6 Å². The number of benzene rings is 1. The van der Waals surface area contributed by atoms with Gasteiger partial charge in [-0.3, -0.25) is 4.79 Å². The van der Waals surface area contributed by atoms with E-state index in [9.17, 15) is 4.79 Å². The van der Waals surface area contributed by atoms with Crippen LogP contribution in [0.25, 0.3) is 0 Å². The summed E-state index contributed by atoms with van der Waals surface area (Å²) < 4.78 is 5.35. The van der Waals surface area contributed by atoms with Crippen molar-refractivity contribution in [3.8, 4) is 5.75 Å². The number of carbonyl (C=O) groups is 1. The summed E-state index contributed by atoms with van der Waals surface area (Å²) in [6, 6.07) is 6.22. The van der Waals surface area contributed by atoms with Crippen molar-refractivity contribution in [1.29, 1.82) is 0 Å². The topological polar surface area (TPSA) is 29.5 Å². The van der Waals surface area contributed by atoms with Gasteiger partial charge in [0.25, 0.3) is 0 Å². The van der Waals surface area contributed by atoms with Crippen LogP contribution in [-0.2, 0) is 17.6 Å². The molecule has 0 aliphatic rings. The fourth-order valence-electron chi connectivity index (χ4n) is 1.78. The van der Waals surface area contributed by atoms with Crippen LogP contribution in [0.3, 0.4) is 0 Å². The molecule has 0 spiro atoms. The van der Waals surface area contributed by atoms with Crippen LogP contribution in [0.15, 0.2) is 18.2 Å². The van der Waals surface area contributed by atoms with E-state index in [-0.39, 0.29) is 11.7 Å². The Balaban J connectivity index is 2.73. The molecule has 0 aliphatic carbocycles. The molecule has 0 fully saturated rings. The second kappa shape index (κ2) is 7.31. The lowest BCUT2D eigenvalue weighted by molar-refractivity contribution is -0.127. The van der Waals surface area contributed by atoms with Crippen molar-refractivity contribution in [3.05, 3.63) is 29.3 Å². The Labute approximate surface area is 115 Å². The molecule has 1 rings (SSSR count). The van der Waals surface area contributed by atoms with E-state index in [1.54, 1.807) is 19.1 Å². The zero-order chi connectivity index (χ0) is 13.5. The van der Waals surface area contributed by atoms with Crippen molar-refractivity contribution in [3.63, 3.8) is 0 Å². The molecule has 1 aromatic rings. The Morgan fingerprint density at radius 1 is 1.44 bits per heavy atom. The van der Waals surface area contributed by atoms with Crippen molar-refractivity contribution in [2.24, 2.45) is 0 Å². The first-order valence-corrected chi connectivity index (χ1v) is 6.76. The maximum absolute atomic E-state index is 11.4. The summed E-state index contributed by atoms with van der Waals surface area (Å²) in [6.07, 6.45) is 1.80. The van der Waals surface area contributed by atoms with E-state index in [4.69, 9.17) is 4.74 Å². The molecule has 0 unspecified atom stereocenters. The van der Waals surface area contributed by atoms with Gasteiger partial charge in [0.2, 0.25) is 5.91 Å². The van der Waals surface area contributed by atoms with Gasteiger partial charge in [-0.15, -0.1) is 0 Å². The average Bonchev–Trinajstić information content (AvgIpc) is 2.43. The molecule has 3 nitrogen and oxygen atoms in total. The summed E-state index contributed by atoms with van der Waals surface area (Å²) in [4.78, 5) is 13.1. The van der Waals surface area contributed by atoms with Crippen LogP contribution in [0.5, 0.6) is 5.75 Å². The molecular formula is C14H21NO2S. The van der Waals surface area contributed by atoms with Crippen molar-refractivity contribution in [1.82, 2.24) is 4.90 Å². The number of hydrogen-bond acceptors (Lipinski definition) is 3. The molecule has 18 heavy (non-hydrogen) atoms. The summed E-state index contributed by atoms with van der Waals surface area (Å²) in [7, 11) is 3.47. The Kier molecular flexibility index (Phi) is 6.05. The van der Waals surface area contributed by atoms with E-state index in [1.807, 2.05) is 6.07 Å². The molecule has 0 saturated heterocycles. The van der Waals surface area contributed by atoms with Crippen LogP contribution in [-0.4, -0.2) is 37.3 Å². The molecule has 0 radical (unpaired) electrons. The van der Waals surface area contributed by atoms with Crippen molar-refractivity contribution >= 4 is 18.5 Å². The second-order valence-corrected chi connectivity index (χ2v) is 4.54. The smallest absolute Gasteiger partial charge is 0.232 e. The molecule has 0 aliphatic heterocycles. The Bertz CT molecular complexity index is 407. The normalized spacial score (nSPS) is 10.2. The maximum Gasteiger partial charge on any atom is 0.232 e. The molecule has 1 aromatic carbocycles. The van der Waals surface area contributed by atoms with Gasteiger partial charge in [-0.05, 0) is 30.0 Å². The van der Waals surface area contributed by atoms with Crippen LogP contribution in [0.4, 0.5) is 0 Å². The predicted octanol–water partition coefficient (Wildman–Crippen LogP) is 2.19. The summed E-state index contributed by atoms with van der Waals surface area (Å²) in [5, 5.41) is 0. The van der Waals surface area contributed by atoms with E-state index in [2.05, 4.69) is 31.7 Å². The molecule has 0 aromatic heterocycles. The molecule has 0 bridgehead atoms. The summed E-state index contributed by atoms with van der Waals surface area (Å²) in [6.45, 7) is 2.81. The number of thiol groups is 1. The zero-order valence-corrected chi connectivity index (χ0v) is 12.2. The quantitative estimate of drug-likeness (QED) is 0.801. The van der Waals surface area contributed by atoms with Crippen LogP contribution < -0.4 is 4.74 Å². The number of rotatable bonds is 6. The molecule has 0 saturated carbocycles. The van der Waals surface area contributed by atoms with Crippen molar-refractivity contribution in [2.75, 3.05) is 26.5 Å². The number of ether oxygens (including phenoxy) is 1. The first-order chi connectivity index (χ1) is 8.62. The number of methoxy groups -OCH3 is 1. The second-order valence-electron chi connectivity index (χ2n) is 4.22. The third kappa shape index (κ3) is 3.95. The van der Waals surface area contributed by atoms with Gasteiger partial charge in [-0.2, -0.15) is 12.6 Å². The predicted molar refractivity (Wildman–Crippen MR) is 77.6 cm³/mol. The summed E-state index contributed by atoms with van der Waals surface area (Å²) in [5.74, 6) is 1.19. The summed E-state index contributed by atoms with van der Waals surface area (Å²) in [5.41, 5.74) is 2.43. The molecule has 0 atom stereocenters. The third-order valence-electron chi connectivity index (χ3n) is 3.03. The monoisotopic (exact) mass is 267 g/mol. The standard InChI is InChI=1S/C14H21NO2S/c1-4-11-5-6-13(17-3)12(9-11)7-8-15(2)14(16)10-18/h5-6,9,18H,4,7-8,10H2,1-3H3. The van der Waals surface area contributed by atoms with Gasteiger partial charge in [0.05, 0.1) is 12.9 Å². The summed E-state index contributed by atoms with van der Waals surface area (Å²) >= 11 is 3.99. The highest BCUT2D eigenvalue weighted by Crippen LogP contribution is 2.21. The Morgan fingerprint density at radius 3 is 2.72 bits per heavy atom. The molecule has 1 amide bonds. The fraction of sp³-hybridized carbons (Fsp3) is 0.500. The molecule has 100 valence electrons. The molecular weight excluding hydrogens is 246 g/mol. The van der Waals surface area contributed by atoms with E-state index < -0.39 is 0 Å². The number of carbonyl (C=O) groups excluding carboxylic acids is 1. The van der Waals surface area contributed by atoms with E-state index in [1.165, 1.54) is 5.56 Å². The highest BCUT2D eigenvalue weighted by atomic mass is 32.1. The number of nitrogens with zero attached hydrogens (tertiary/aromatic N) is 1. The highest BCUT2D eigenvalue weighted by molar-refractivity contribution is 7.81. The average molecular weight is 267 g/mol. The number of hydrogen-bond donors (Lipinski definition) is 1. The maximum atomic E-state index is 11.4. The van der Waals surface area contributed by atoms with Crippen molar-refractivity contribution in [2.45, 2.75) is 19.8 Å². The van der Waals surface area contributed by atoms with E-state index >= 15 is 0 Å². The largest absolute Gasteiger partial charge is 0.496 e. The van der Waals surface area contributed by atoms with Crippen LogP contribution in [0.2, 0.25) is 0 Å². The van der Waals surface area contributed by atoms with Gasteiger partial charge in [0.15, 0.2) is 0 Å². The number of aryl methyl sites for hydroxylation is 1. The van der Waals surface area contributed by atoms with Gasteiger partial charge in [-0.1, -0.05) is 19.1 Å². The number of amides is 1. The molecule has 0 heterocycles. The Morgan fingerprint density at radius 2 is 2.17 bits per heavy atom. The van der Waals surface area contributed by atoms with Gasteiger partial charge >= 0.3 is 0 Å². The van der Waals surface area contributed by atoms with E-state index in [0.29, 0.717) is 6.54 Å². The lowest BCUT2D eigenvalue weighted by Gasteiger charge is -2.17. The van der Waals surface area contributed by atoms with E-state index in [0.717, 1.165) is 24.2 Å². The first-order valence-electron chi connectivity index (χ1n) is 6.13. The van der Waals surface area contributed by atoms with Crippen LogP contribution >= 0.6 is 12.6 Å². The first kappa shape index (κ1) is 14.9. The minimum Gasteiger partial charge on any atom is -0.496 e. The minimum atomic E-state index is 0.0453. The lowest BCUT2D eigenvalue weighted by atomic mass is 10.0. The SMILES string of the molecule is CCc1ccc(OC)c(CCN(C)C(=O)CS)c1.